The van der Waals surface area contributed by atoms with E-state index in [0.717, 1.165) is 41.0 Å². The SMILES string of the molecule is COc1ccc(Cc2nc3sc4c(c3c(=O)n2CCF)CCC(C)C4)cc1. The van der Waals surface area contributed by atoms with Crippen molar-refractivity contribution in [1.82, 2.24) is 9.55 Å². The third kappa shape index (κ3) is 3.38. The second kappa shape index (κ2) is 7.43. The van der Waals surface area contributed by atoms with Crippen LogP contribution >= 0.6 is 11.3 Å². The highest BCUT2D eigenvalue weighted by Crippen LogP contribution is 2.36. The molecule has 0 bridgehead atoms. The first-order chi connectivity index (χ1) is 13.1. The topological polar surface area (TPSA) is 44.1 Å². The average molecular weight is 386 g/mol. The van der Waals surface area contributed by atoms with E-state index in [1.54, 1.807) is 18.4 Å². The number of methoxy groups -OCH3 is 1. The Morgan fingerprint density at radius 1 is 1.33 bits per heavy atom. The number of rotatable bonds is 5. The Morgan fingerprint density at radius 3 is 2.81 bits per heavy atom. The van der Waals surface area contributed by atoms with E-state index in [4.69, 9.17) is 9.72 Å². The number of nitrogens with zero attached hydrogens (tertiary/aromatic N) is 2. The quantitative estimate of drug-likeness (QED) is 0.662. The smallest absolute Gasteiger partial charge is 0.262 e. The molecule has 4 rings (SSSR count). The van der Waals surface area contributed by atoms with Gasteiger partial charge < -0.3 is 4.74 Å². The van der Waals surface area contributed by atoms with Gasteiger partial charge in [0.25, 0.3) is 5.56 Å². The normalized spacial score (nSPS) is 16.5. The van der Waals surface area contributed by atoms with Crippen LogP contribution in [0, 0.1) is 5.92 Å². The summed E-state index contributed by atoms with van der Waals surface area (Å²) in [5, 5.41) is 0.717. The predicted molar refractivity (Wildman–Crippen MR) is 107 cm³/mol. The third-order valence-corrected chi connectivity index (χ3v) is 6.47. The monoisotopic (exact) mass is 386 g/mol. The van der Waals surface area contributed by atoms with Crippen molar-refractivity contribution in [2.75, 3.05) is 13.8 Å². The summed E-state index contributed by atoms with van der Waals surface area (Å²) in [4.78, 5) is 20.1. The maximum absolute atomic E-state index is 13.2. The van der Waals surface area contributed by atoms with Gasteiger partial charge in [0.1, 0.15) is 23.1 Å². The van der Waals surface area contributed by atoms with Crippen LogP contribution < -0.4 is 10.3 Å². The molecule has 2 heterocycles. The van der Waals surface area contributed by atoms with E-state index < -0.39 is 6.67 Å². The van der Waals surface area contributed by atoms with Gasteiger partial charge in [-0.2, -0.15) is 0 Å². The van der Waals surface area contributed by atoms with Crippen molar-refractivity contribution in [3.8, 4) is 5.75 Å². The molecule has 1 aliphatic rings. The molecule has 2 aromatic heterocycles. The number of aryl methyl sites for hydroxylation is 1. The predicted octanol–water partition coefficient (Wildman–Crippen LogP) is 4.15. The fraction of sp³-hybridized carbons (Fsp3) is 0.429. The molecular formula is C21H23FN2O2S. The standard InChI is InChI=1S/C21H23FN2O2S/c1-13-3-8-16-17(11-13)27-20-19(16)21(25)24(10-9-22)18(23-20)12-14-4-6-15(26-2)7-5-14/h4-7,13H,3,8-12H2,1-2H3. The minimum absolute atomic E-state index is 0.0499. The summed E-state index contributed by atoms with van der Waals surface area (Å²) in [6.45, 7) is 1.72. The molecule has 0 saturated heterocycles. The number of halogens is 1. The van der Waals surface area contributed by atoms with Crippen LogP contribution in [0.4, 0.5) is 4.39 Å². The number of hydrogen-bond donors (Lipinski definition) is 0. The van der Waals surface area contributed by atoms with Gasteiger partial charge in [0.15, 0.2) is 0 Å². The summed E-state index contributed by atoms with van der Waals surface area (Å²) in [6, 6.07) is 7.68. The Morgan fingerprint density at radius 2 is 2.11 bits per heavy atom. The van der Waals surface area contributed by atoms with Crippen LogP contribution in [0.1, 0.15) is 35.2 Å². The van der Waals surface area contributed by atoms with Gasteiger partial charge in [-0.15, -0.1) is 11.3 Å². The largest absolute Gasteiger partial charge is 0.497 e. The van der Waals surface area contributed by atoms with Crippen molar-refractivity contribution in [2.45, 2.75) is 39.2 Å². The van der Waals surface area contributed by atoms with Crippen molar-refractivity contribution in [3.05, 3.63) is 56.4 Å². The van der Waals surface area contributed by atoms with Gasteiger partial charge in [-0.05, 0) is 48.4 Å². The number of ether oxygens (including phenoxy) is 1. The number of fused-ring (bicyclic) bond motifs is 3. The molecule has 3 aromatic rings. The summed E-state index contributed by atoms with van der Waals surface area (Å²) < 4.78 is 19.9. The highest BCUT2D eigenvalue weighted by molar-refractivity contribution is 7.18. The molecule has 0 radical (unpaired) electrons. The minimum atomic E-state index is -0.577. The Kier molecular flexibility index (Phi) is 5.00. The maximum atomic E-state index is 13.2. The molecule has 1 aliphatic carbocycles. The molecule has 6 heteroatoms. The lowest BCUT2D eigenvalue weighted by molar-refractivity contribution is 0.414. The van der Waals surface area contributed by atoms with Crippen LogP contribution in [0.3, 0.4) is 0 Å². The van der Waals surface area contributed by atoms with E-state index in [-0.39, 0.29) is 12.1 Å². The van der Waals surface area contributed by atoms with Gasteiger partial charge in [-0.25, -0.2) is 9.37 Å². The summed E-state index contributed by atoms with van der Waals surface area (Å²) in [5.41, 5.74) is 2.08. The Labute approximate surface area is 161 Å². The highest BCUT2D eigenvalue weighted by Gasteiger charge is 2.24. The zero-order valence-electron chi connectivity index (χ0n) is 15.6. The second-order valence-corrected chi connectivity index (χ2v) is 8.31. The van der Waals surface area contributed by atoms with Crippen LogP contribution in [0.15, 0.2) is 29.1 Å². The lowest BCUT2D eigenvalue weighted by Gasteiger charge is -2.17. The lowest BCUT2D eigenvalue weighted by Crippen LogP contribution is -2.27. The molecule has 0 aliphatic heterocycles. The first-order valence-corrected chi connectivity index (χ1v) is 10.1. The number of hydrogen-bond acceptors (Lipinski definition) is 4. The van der Waals surface area contributed by atoms with Gasteiger partial charge in [0, 0.05) is 11.3 Å². The van der Waals surface area contributed by atoms with Gasteiger partial charge >= 0.3 is 0 Å². The Bertz CT molecular complexity index is 1020. The molecular weight excluding hydrogens is 363 g/mol. The van der Waals surface area contributed by atoms with Gasteiger partial charge in [-0.1, -0.05) is 19.1 Å². The van der Waals surface area contributed by atoms with Crippen LogP contribution in [0.5, 0.6) is 5.75 Å². The fourth-order valence-electron chi connectivity index (χ4n) is 3.84. The molecule has 142 valence electrons. The maximum Gasteiger partial charge on any atom is 0.262 e. The molecule has 0 N–H and O–H groups in total. The van der Waals surface area contributed by atoms with Crippen molar-refractivity contribution in [3.63, 3.8) is 0 Å². The summed E-state index contributed by atoms with van der Waals surface area (Å²) in [5.74, 6) is 2.04. The number of benzene rings is 1. The molecule has 0 fully saturated rings. The van der Waals surface area contributed by atoms with Gasteiger partial charge in [0.2, 0.25) is 0 Å². The Hall–Kier alpha value is -2.21. The van der Waals surface area contributed by atoms with E-state index in [1.165, 1.54) is 9.44 Å². The molecule has 1 atom stereocenters. The highest BCUT2D eigenvalue weighted by atomic mass is 32.1. The number of alkyl halides is 1. The lowest BCUT2D eigenvalue weighted by atomic mass is 9.89. The van der Waals surface area contributed by atoms with Crippen LogP contribution in [-0.2, 0) is 25.8 Å². The van der Waals surface area contributed by atoms with E-state index in [2.05, 4.69) is 6.92 Å². The molecule has 0 spiro atoms. The minimum Gasteiger partial charge on any atom is -0.497 e. The van der Waals surface area contributed by atoms with Crippen molar-refractivity contribution >= 4 is 21.6 Å². The van der Waals surface area contributed by atoms with Crippen LogP contribution in [0.2, 0.25) is 0 Å². The van der Waals surface area contributed by atoms with E-state index in [0.29, 0.717) is 23.5 Å². The molecule has 0 saturated carbocycles. The third-order valence-electron chi connectivity index (χ3n) is 5.32. The summed E-state index contributed by atoms with van der Waals surface area (Å²) in [6.07, 6.45) is 3.51. The zero-order chi connectivity index (χ0) is 19.0. The summed E-state index contributed by atoms with van der Waals surface area (Å²) >= 11 is 1.64. The number of aromatic nitrogens is 2. The molecule has 4 nitrogen and oxygen atoms in total. The first kappa shape index (κ1) is 18.2. The van der Waals surface area contributed by atoms with E-state index >= 15 is 0 Å². The fourth-order valence-corrected chi connectivity index (χ4v) is 5.23. The molecule has 1 aromatic carbocycles. The van der Waals surface area contributed by atoms with Gasteiger partial charge in [0.05, 0.1) is 19.0 Å². The van der Waals surface area contributed by atoms with E-state index in [1.807, 2.05) is 24.3 Å². The molecule has 0 amide bonds. The number of thiophene rings is 1. The molecule has 27 heavy (non-hydrogen) atoms. The van der Waals surface area contributed by atoms with Crippen LogP contribution in [0.25, 0.3) is 10.2 Å². The zero-order valence-corrected chi connectivity index (χ0v) is 16.4. The average Bonchev–Trinajstić information content (AvgIpc) is 3.02. The van der Waals surface area contributed by atoms with Crippen molar-refractivity contribution in [1.29, 1.82) is 0 Å². The van der Waals surface area contributed by atoms with Crippen molar-refractivity contribution < 1.29 is 9.13 Å². The van der Waals surface area contributed by atoms with Gasteiger partial charge in [-0.3, -0.25) is 9.36 Å². The second-order valence-electron chi connectivity index (χ2n) is 7.23. The summed E-state index contributed by atoms with van der Waals surface area (Å²) in [7, 11) is 1.63. The van der Waals surface area contributed by atoms with Crippen LogP contribution in [-0.4, -0.2) is 23.3 Å². The van der Waals surface area contributed by atoms with Crippen molar-refractivity contribution in [2.24, 2.45) is 5.92 Å². The Balaban J connectivity index is 1.81. The first-order valence-electron chi connectivity index (χ1n) is 9.33. The molecule has 1 unspecified atom stereocenters. The van der Waals surface area contributed by atoms with E-state index in [9.17, 15) is 9.18 Å².